The first-order chi connectivity index (χ1) is 13.3. The van der Waals surface area contributed by atoms with Gasteiger partial charge >= 0.3 is 0 Å². The third-order valence-corrected chi connectivity index (χ3v) is 4.69. The van der Waals surface area contributed by atoms with E-state index in [0.717, 1.165) is 22.4 Å². The fraction of sp³-hybridized carbons (Fsp3) is 0.227. The summed E-state index contributed by atoms with van der Waals surface area (Å²) >= 11 is 0. The Labute approximate surface area is 163 Å². The van der Waals surface area contributed by atoms with Crippen molar-refractivity contribution in [2.45, 2.75) is 20.8 Å². The number of nitrogens with one attached hydrogen (secondary N) is 2. The average Bonchev–Trinajstić information content (AvgIpc) is 2.64. The van der Waals surface area contributed by atoms with Gasteiger partial charge in [-0.05, 0) is 44.0 Å². The second kappa shape index (κ2) is 7.68. The summed E-state index contributed by atoms with van der Waals surface area (Å²) in [5.74, 6) is -0.817. The van der Waals surface area contributed by atoms with Crippen molar-refractivity contribution in [3.63, 3.8) is 0 Å². The largest absolute Gasteiger partial charge is 0.360 e. The van der Waals surface area contributed by atoms with Gasteiger partial charge in [-0.3, -0.25) is 14.4 Å². The first kappa shape index (κ1) is 19.4. The number of likely N-dealkylation sites (N-methyl/N-ethyl adjacent to an activating group) is 1. The molecule has 0 fully saturated rings. The summed E-state index contributed by atoms with van der Waals surface area (Å²) in [6.45, 7) is 5.70. The molecule has 2 aromatic carbocycles. The number of aromatic amines is 1. The minimum atomic E-state index is -0.500. The smallest absolute Gasteiger partial charge is 0.259 e. The zero-order valence-electron chi connectivity index (χ0n) is 16.4. The quantitative estimate of drug-likeness (QED) is 0.733. The monoisotopic (exact) mass is 377 g/mol. The highest BCUT2D eigenvalue weighted by molar-refractivity contribution is 6.01. The summed E-state index contributed by atoms with van der Waals surface area (Å²) in [5, 5.41) is 3.31. The second-order valence-electron chi connectivity index (χ2n) is 7.06. The molecule has 0 radical (unpaired) electrons. The number of rotatable bonds is 4. The van der Waals surface area contributed by atoms with Gasteiger partial charge < -0.3 is 15.2 Å². The number of aryl methyl sites for hydroxylation is 3. The molecule has 3 aromatic rings. The number of H-pyrrole nitrogens is 1. The molecule has 0 saturated heterocycles. The molecule has 0 atom stereocenters. The lowest BCUT2D eigenvalue weighted by Crippen LogP contribution is -2.37. The number of aromatic nitrogens is 1. The highest BCUT2D eigenvalue weighted by atomic mass is 16.2. The highest BCUT2D eigenvalue weighted by Crippen LogP contribution is 2.21. The lowest BCUT2D eigenvalue weighted by Gasteiger charge is -2.18. The third kappa shape index (κ3) is 3.81. The van der Waals surface area contributed by atoms with Crippen molar-refractivity contribution in [2.24, 2.45) is 0 Å². The van der Waals surface area contributed by atoms with Gasteiger partial charge in [0.05, 0.1) is 6.54 Å². The molecule has 0 unspecified atom stereocenters. The molecule has 2 amide bonds. The standard InChI is InChI=1S/C22H23N3O3/c1-13-9-14(2)20(15(3)10-13)24-19(26)12-25(4)22(28)17-11-23-18-8-6-5-7-16(18)21(17)27/h5-11H,12H2,1-4H3,(H,23,27)(H,24,26). The number of nitrogens with zero attached hydrogens (tertiary/aromatic N) is 1. The number of amides is 2. The highest BCUT2D eigenvalue weighted by Gasteiger charge is 2.19. The van der Waals surface area contributed by atoms with Crippen molar-refractivity contribution in [3.8, 4) is 0 Å². The molecular weight excluding hydrogens is 354 g/mol. The first-order valence-corrected chi connectivity index (χ1v) is 9.01. The number of hydrogen-bond donors (Lipinski definition) is 2. The fourth-order valence-electron chi connectivity index (χ4n) is 3.38. The van der Waals surface area contributed by atoms with Crippen LogP contribution in [0.2, 0.25) is 0 Å². The van der Waals surface area contributed by atoms with E-state index in [4.69, 9.17) is 0 Å². The third-order valence-electron chi connectivity index (χ3n) is 4.69. The number of carbonyl (C=O) groups excluding carboxylic acids is 2. The van der Waals surface area contributed by atoms with Gasteiger partial charge in [-0.1, -0.05) is 29.8 Å². The number of anilines is 1. The van der Waals surface area contributed by atoms with Crippen LogP contribution in [0.3, 0.4) is 0 Å². The zero-order chi connectivity index (χ0) is 20.4. The molecule has 6 heteroatoms. The summed E-state index contributed by atoms with van der Waals surface area (Å²) in [6.07, 6.45) is 1.40. The van der Waals surface area contributed by atoms with E-state index >= 15 is 0 Å². The van der Waals surface area contributed by atoms with Gasteiger partial charge in [-0.25, -0.2) is 0 Å². The SMILES string of the molecule is Cc1cc(C)c(NC(=O)CN(C)C(=O)c2c[nH]c3ccccc3c2=O)c(C)c1. The van der Waals surface area contributed by atoms with Crippen LogP contribution in [0.15, 0.2) is 47.4 Å². The van der Waals surface area contributed by atoms with Gasteiger partial charge in [0.25, 0.3) is 5.91 Å². The molecule has 3 rings (SSSR count). The maximum absolute atomic E-state index is 12.7. The molecular formula is C22H23N3O3. The van der Waals surface area contributed by atoms with Crippen LogP contribution in [0, 0.1) is 20.8 Å². The minimum Gasteiger partial charge on any atom is -0.360 e. The van der Waals surface area contributed by atoms with Gasteiger partial charge in [0.1, 0.15) is 5.56 Å². The predicted octanol–water partition coefficient (Wildman–Crippen LogP) is 3.16. The molecule has 0 spiro atoms. The van der Waals surface area contributed by atoms with Crippen LogP contribution >= 0.6 is 0 Å². The van der Waals surface area contributed by atoms with Gasteiger partial charge in [-0.15, -0.1) is 0 Å². The van der Waals surface area contributed by atoms with Crippen LogP contribution in [-0.2, 0) is 4.79 Å². The van der Waals surface area contributed by atoms with Crippen molar-refractivity contribution in [3.05, 3.63) is 75.1 Å². The molecule has 2 N–H and O–H groups in total. The molecule has 1 aromatic heterocycles. The molecule has 6 nitrogen and oxygen atoms in total. The number of fused-ring (bicyclic) bond motifs is 1. The van der Waals surface area contributed by atoms with E-state index in [0.29, 0.717) is 10.9 Å². The van der Waals surface area contributed by atoms with E-state index in [9.17, 15) is 14.4 Å². The molecule has 0 aliphatic heterocycles. The first-order valence-electron chi connectivity index (χ1n) is 9.01. The topological polar surface area (TPSA) is 82.3 Å². The summed E-state index contributed by atoms with van der Waals surface area (Å²) in [5.41, 5.74) is 4.12. The van der Waals surface area contributed by atoms with Crippen molar-refractivity contribution < 1.29 is 9.59 Å². The Morgan fingerprint density at radius 2 is 1.71 bits per heavy atom. The molecule has 1 heterocycles. The van der Waals surface area contributed by atoms with E-state index in [1.54, 1.807) is 18.2 Å². The molecule has 28 heavy (non-hydrogen) atoms. The van der Waals surface area contributed by atoms with E-state index in [1.165, 1.54) is 18.1 Å². The van der Waals surface area contributed by atoms with Crippen LogP contribution in [0.1, 0.15) is 27.0 Å². The van der Waals surface area contributed by atoms with E-state index in [2.05, 4.69) is 10.3 Å². The Hall–Kier alpha value is -3.41. The number of pyridine rings is 1. The van der Waals surface area contributed by atoms with Crippen molar-refractivity contribution >= 4 is 28.4 Å². The number of hydrogen-bond acceptors (Lipinski definition) is 3. The molecule has 144 valence electrons. The average molecular weight is 377 g/mol. The minimum absolute atomic E-state index is 0.0108. The summed E-state index contributed by atoms with van der Waals surface area (Å²) in [4.78, 5) is 42.0. The van der Waals surface area contributed by atoms with Crippen LogP contribution in [-0.4, -0.2) is 35.3 Å². The molecule has 0 aliphatic rings. The lowest BCUT2D eigenvalue weighted by atomic mass is 10.1. The number of benzene rings is 2. The van der Waals surface area contributed by atoms with E-state index in [-0.39, 0.29) is 23.4 Å². The van der Waals surface area contributed by atoms with Crippen LogP contribution < -0.4 is 10.7 Å². The van der Waals surface area contributed by atoms with Crippen LogP contribution in [0.4, 0.5) is 5.69 Å². The Balaban J connectivity index is 1.77. The summed E-state index contributed by atoms with van der Waals surface area (Å²) in [7, 11) is 1.51. The Bertz CT molecular complexity index is 1110. The lowest BCUT2D eigenvalue weighted by molar-refractivity contribution is -0.116. The summed E-state index contributed by atoms with van der Waals surface area (Å²) < 4.78 is 0. The molecule has 0 bridgehead atoms. The maximum Gasteiger partial charge on any atom is 0.259 e. The predicted molar refractivity (Wildman–Crippen MR) is 111 cm³/mol. The van der Waals surface area contributed by atoms with E-state index < -0.39 is 5.91 Å². The Kier molecular flexibility index (Phi) is 5.31. The summed E-state index contributed by atoms with van der Waals surface area (Å²) in [6, 6.07) is 11.0. The second-order valence-corrected chi connectivity index (χ2v) is 7.06. The van der Waals surface area contributed by atoms with Gasteiger partial charge in [0.2, 0.25) is 11.3 Å². The van der Waals surface area contributed by atoms with Gasteiger partial charge in [-0.2, -0.15) is 0 Å². The van der Waals surface area contributed by atoms with Crippen LogP contribution in [0.5, 0.6) is 0 Å². The number of para-hydroxylation sites is 1. The van der Waals surface area contributed by atoms with Crippen molar-refractivity contribution in [1.29, 1.82) is 0 Å². The maximum atomic E-state index is 12.7. The van der Waals surface area contributed by atoms with E-state index in [1.807, 2.05) is 39.0 Å². The fourth-order valence-corrected chi connectivity index (χ4v) is 3.38. The normalized spacial score (nSPS) is 10.7. The van der Waals surface area contributed by atoms with Crippen molar-refractivity contribution in [2.75, 3.05) is 18.9 Å². The Morgan fingerprint density at radius 3 is 2.39 bits per heavy atom. The van der Waals surface area contributed by atoms with Crippen LogP contribution in [0.25, 0.3) is 10.9 Å². The van der Waals surface area contributed by atoms with Gasteiger partial charge in [0.15, 0.2) is 0 Å². The van der Waals surface area contributed by atoms with Gasteiger partial charge in [0, 0.05) is 29.8 Å². The number of carbonyl (C=O) groups is 2. The zero-order valence-corrected chi connectivity index (χ0v) is 16.4. The molecule has 0 saturated carbocycles. The Morgan fingerprint density at radius 1 is 1.07 bits per heavy atom. The molecule has 0 aliphatic carbocycles. The van der Waals surface area contributed by atoms with Crippen molar-refractivity contribution in [1.82, 2.24) is 9.88 Å².